The van der Waals surface area contributed by atoms with E-state index < -0.39 is 6.10 Å². The third-order valence-electron chi connectivity index (χ3n) is 1.51. The van der Waals surface area contributed by atoms with Crippen LogP contribution in [0.1, 0.15) is 20.3 Å². The van der Waals surface area contributed by atoms with Crippen LogP contribution in [0.5, 0.6) is 0 Å². The van der Waals surface area contributed by atoms with Crippen LogP contribution in [0.4, 0.5) is 0 Å². The fourth-order valence-corrected chi connectivity index (χ4v) is 1.10. The molecule has 0 aromatic rings. The number of aliphatic hydroxyl groups is 1. The number of carbonyl (C=O) groups is 1. The molecule has 0 aromatic carbocycles. The van der Waals surface area contributed by atoms with Crippen molar-refractivity contribution in [2.45, 2.75) is 32.5 Å². The highest BCUT2D eigenvalue weighted by Gasteiger charge is 2.22. The highest BCUT2D eigenvalue weighted by molar-refractivity contribution is 5.90. The van der Waals surface area contributed by atoms with Crippen molar-refractivity contribution in [1.29, 1.82) is 0 Å². The van der Waals surface area contributed by atoms with Crippen molar-refractivity contribution in [1.82, 2.24) is 0 Å². The second-order valence-corrected chi connectivity index (χ2v) is 2.86. The second kappa shape index (κ2) is 3.05. The first-order valence-corrected chi connectivity index (χ1v) is 3.69. The van der Waals surface area contributed by atoms with E-state index in [-0.39, 0.29) is 12.1 Å². The first kappa shape index (κ1) is 8.27. The summed E-state index contributed by atoms with van der Waals surface area (Å²) < 4.78 is 4.83. The Hall–Kier alpha value is -0.830. The van der Waals surface area contributed by atoms with E-state index in [4.69, 9.17) is 9.84 Å². The van der Waals surface area contributed by atoms with E-state index in [0.29, 0.717) is 12.0 Å². The molecule has 0 spiro atoms. The zero-order valence-electron chi connectivity index (χ0n) is 6.70. The Labute approximate surface area is 65.7 Å². The van der Waals surface area contributed by atoms with Gasteiger partial charge < -0.3 is 9.84 Å². The van der Waals surface area contributed by atoms with Gasteiger partial charge in [-0.3, -0.25) is 0 Å². The zero-order chi connectivity index (χ0) is 8.43. The van der Waals surface area contributed by atoms with E-state index >= 15 is 0 Å². The maximum absolute atomic E-state index is 10.9. The number of hydrogen-bond acceptors (Lipinski definition) is 3. The smallest absolute Gasteiger partial charge is 0.334 e. The van der Waals surface area contributed by atoms with Gasteiger partial charge in [-0.15, -0.1) is 0 Å². The summed E-state index contributed by atoms with van der Waals surface area (Å²) >= 11 is 0. The van der Waals surface area contributed by atoms with Crippen molar-refractivity contribution >= 4 is 5.97 Å². The molecule has 11 heavy (non-hydrogen) atoms. The second-order valence-electron chi connectivity index (χ2n) is 2.86. The van der Waals surface area contributed by atoms with Crippen molar-refractivity contribution in [3.63, 3.8) is 0 Å². The van der Waals surface area contributed by atoms with E-state index in [0.717, 1.165) is 0 Å². The normalized spacial score (nSPS) is 26.3. The Balaban J connectivity index is 2.57. The minimum atomic E-state index is -0.473. The summed E-state index contributed by atoms with van der Waals surface area (Å²) in [7, 11) is 0. The van der Waals surface area contributed by atoms with Gasteiger partial charge >= 0.3 is 5.97 Å². The average Bonchev–Trinajstić information content (AvgIpc) is 2.09. The molecule has 3 nitrogen and oxygen atoms in total. The maximum atomic E-state index is 10.9. The number of aliphatic hydroxyl groups excluding tert-OH is 1. The molecule has 1 heterocycles. The summed E-state index contributed by atoms with van der Waals surface area (Å²) in [4.78, 5) is 10.9. The van der Waals surface area contributed by atoms with Crippen LogP contribution in [0.2, 0.25) is 0 Å². The molecule has 0 aliphatic carbocycles. The predicted octanol–water partition coefficient (Wildman–Crippen LogP) is 0.629. The molecule has 1 rings (SSSR count). The lowest BCUT2D eigenvalue weighted by molar-refractivity contribution is -0.139. The summed E-state index contributed by atoms with van der Waals surface area (Å²) in [5.74, 6) is -0.293. The molecular weight excluding hydrogens is 144 g/mol. The number of ether oxygens (including phenoxy) is 1. The first-order chi connectivity index (χ1) is 5.09. The summed E-state index contributed by atoms with van der Waals surface area (Å²) in [6, 6.07) is 0. The van der Waals surface area contributed by atoms with Gasteiger partial charge in [-0.25, -0.2) is 4.79 Å². The summed E-state index contributed by atoms with van der Waals surface area (Å²) in [6.45, 7) is 3.45. The number of cyclic esters (lactones) is 1. The van der Waals surface area contributed by atoms with Gasteiger partial charge in [0.25, 0.3) is 0 Å². The van der Waals surface area contributed by atoms with Crippen molar-refractivity contribution in [2.24, 2.45) is 0 Å². The minimum Gasteiger partial charge on any atom is -0.455 e. The van der Waals surface area contributed by atoms with E-state index in [2.05, 4.69) is 0 Å². The molecule has 1 N–H and O–H groups in total. The number of esters is 1. The van der Waals surface area contributed by atoms with Gasteiger partial charge in [-0.1, -0.05) is 0 Å². The average molecular weight is 156 g/mol. The minimum absolute atomic E-state index is 0.128. The van der Waals surface area contributed by atoms with E-state index in [9.17, 15) is 4.79 Å². The van der Waals surface area contributed by atoms with Crippen LogP contribution in [0.15, 0.2) is 11.6 Å². The highest BCUT2D eigenvalue weighted by Crippen LogP contribution is 2.17. The quantitative estimate of drug-likeness (QED) is 0.596. The van der Waals surface area contributed by atoms with Gasteiger partial charge in [0.15, 0.2) is 0 Å². The van der Waals surface area contributed by atoms with Crippen LogP contribution in [0.25, 0.3) is 0 Å². The highest BCUT2D eigenvalue weighted by atomic mass is 16.5. The molecule has 0 amide bonds. The van der Waals surface area contributed by atoms with Crippen molar-refractivity contribution < 1.29 is 14.6 Å². The lowest BCUT2D eigenvalue weighted by Crippen LogP contribution is -2.08. The zero-order valence-corrected chi connectivity index (χ0v) is 6.70. The molecule has 0 fully saturated rings. The van der Waals surface area contributed by atoms with Crippen LogP contribution in [-0.4, -0.2) is 23.3 Å². The van der Waals surface area contributed by atoms with Crippen LogP contribution in [0, 0.1) is 0 Å². The number of hydrogen-bond donors (Lipinski definition) is 1. The van der Waals surface area contributed by atoms with Crippen LogP contribution < -0.4 is 0 Å². The third kappa shape index (κ3) is 2.05. The molecule has 2 atom stereocenters. The fourth-order valence-electron chi connectivity index (χ4n) is 1.10. The van der Waals surface area contributed by atoms with Gasteiger partial charge in [0, 0.05) is 12.0 Å². The van der Waals surface area contributed by atoms with Crippen molar-refractivity contribution in [3.05, 3.63) is 11.6 Å². The maximum Gasteiger partial charge on any atom is 0.334 e. The lowest BCUT2D eigenvalue weighted by Gasteiger charge is -2.01. The molecule has 1 aliphatic heterocycles. The molecule has 0 saturated heterocycles. The Morgan fingerprint density at radius 1 is 1.82 bits per heavy atom. The summed E-state index contributed by atoms with van der Waals surface area (Å²) in [5, 5.41) is 8.97. The van der Waals surface area contributed by atoms with Gasteiger partial charge in [-0.2, -0.15) is 0 Å². The monoisotopic (exact) mass is 156 g/mol. The van der Waals surface area contributed by atoms with E-state index in [1.54, 1.807) is 19.9 Å². The largest absolute Gasteiger partial charge is 0.455 e. The molecule has 62 valence electrons. The summed E-state index contributed by atoms with van der Waals surface area (Å²) in [5.41, 5.74) is 0.590. The van der Waals surface area contributed by atoms with Crippen molar-refractivity contribution in [2.75, 3.05) is 0 Å². The Morgan fingerprint density at radius 3 is 2.82 bits per heavy atom. The van der Waals surface area contributed by atoms with E-state index in [1.807, 2.05) is 0 Å². The Morgan fingerprint density at radius 2 is 2.45 bits per heavy atom. The fraction of sp³-hybridized carbons (Fsp3) is 0.625. The molecule has 0 saturated carbocycles. The van der Waals surface area contributed by atoms with Crippen LogP contribution in [-0.2, 0) is 9.53 Å². The summed E-state index contributed by atoms with van der Waals surface area (Å²) in [6.07, 6.45) is 1.54. The standard InChI is InChI=1S/C8H12O3/c1-5(9)3-7-4-6(2)11-8(7)10/h4-6,9H,3H2,1-2H3/t5?,6-/m0/s1. The van der Waals surface area contributed by atoms with Gasteiger partial charge in [0.05, 0.1) is 6.10 Å². The van der Waals surface area contributed by atoms with Gasteiger partial charge in [0.2, 0.25) is 0 Å². The predicted molar refractivity (Wildman–Crippen MR) is 39.9 cm³/mol. The van der Waals surface area contributed by atoms with Gasteiger partial charge in [0.1, 0.15) is 6.10 Å². The Bertz CT molecular complexity index is 194. The molecule has 0 bridgehead atoms. The molecule has 1 aliphatic rings. The van der Waals surface area contributed by atoms with Crippen LogP contribution >= 0.6 is 0 Å². The van der Waals surface area contributed by atoms with E-state index in [1.165, 1.54) is 0 Å². The third-order valence-corrected chi connectivity index (χ3v) is 1.51. The molecular formula is C8H12O3. The van der Waals surface area contributed by atoms with Crippen molar-refractivity contribution in [3.8, 4) is 0 Å². The lowest BCUT2D eigenvalue weighted by atomic mass is 10.1. The molecule has 0 aromatic heterocycles. The topological polar surface area (TPSA) is 46.5 Å². The Kier molecular flexibility index (Phi) is 2.29. The van der Waals surface area contributed by atoms with Crippen LogP contribution in [0.3, 0.4) is 0 Å². The molecule has 3 heteroatoms. The first-order valence-electron chi connectivity index (χ1n) is 3.69. The molecule has 1 unspecified atom stereocenters. The number of carbonyl (C=O) groups excluding carboxylic acids is 1. The number of rotatable bonds is 2. The van der Waals surface area contributed by atoms with Gasteiger partial charge in [-0.05, 0) is 19.9 Å². The molecule has 0 radical (unpaired) electrons. The SMILES string of the molecule is CC(O)CC1=C[C@H](C)OC1=O.